The van der Waals surface area contributed by atoms with Crippen molar-refractivity contribution in [1.29, 1.82) is 0 Å². The van der Waals surface area contributed by atoms with E-state index in [9.17, 15) is 38.9 Å². The Balaban J connectivity index is 2.61. The van der Waals surface area contributed by atoms with Gasteiger partial charge in [-0.3, -0.25) is 13.7 Å². The molecule has 0 aliphatic heterocycles. The van der Waals surface area contributed by atoms with Crippen molar-refractivity contribution in [3.63, 3.8) is 0 Å². The van der Waals surface area contributed by atoms with Gasteiger partial charge in [0.2, 0.25) is 0 Å². The summed E-state index contributed by atoms with van der Waals surface area (Å²) >= 11 is 0. The second kappa shape index (κ2) is 8.73. The molecule has 1 aliphatic rings. The third-order valence-corrected chi connectivity index (χ3v) is 9.41. The highest BCUT2D eigenvalue weighted by Crippen LogP contribution is 2.53. The molecule has 1 unspecified atom stereocenters. The second-order valence-electron chi connectivity index (χ2n) is 7.94. The maximum atomic E-state index is 13.2. The summed E-state index contributed by atoms with van der Waals surface area (Å²) < 4.78 is 102. The summed E-state index contributed by atoms with van der Waals surface area (Å²) in [5.41, 5.74) is -0.240. The van der Waals surface area contributed by atoms with Gasteiger partial charge in [-0.2, -0.15) is 25.3 Å². The van der Waals surface area contributed by atoms with Gasteiger partial charge in [-0.15, -0.1) is 0 Å². The number of anilines is 1. The van der Waals surface area contributed by atoms with E-state index in [1.54, 1.807) is 18.2 Å². The van der Waals surface area contributed by atoms with Crippen LogP contribution in [0.25, 0.3) is 4.91 Å². The summed E-state index contributed by atoms with van der Waals surface area (Å²) in [5.74, 6) is 0. The third kappa shape index (κ3) is 4.27. The fourth-order valence-electron chi connectivity index (χ4n) is 4.62. The van der Waals surface area contributed by atoms with Crippen molar-refractivity contribution in [3.05, 3.63) is 64.7 Å². The lowest BCUT2D eigenvalue weighted by molar-refractivity contribution is 0.440. The van der Waals surface area contributed by atoms with Crippen molar-refractivity contribution < 1.29 is 38.9 Å². The number of hydrogen-bond donors (Lipinski definition) is 3. The minimum Gasteiger partial charge on any atom is -0.372 e. The molecule has 2 aromatic carbocycles. The molecule has 1 atom stereocenters. The lowest BCUT2D eigenvalue weighted by Crippen LogP contribution is -2.42. The lowest BCUT2D eigenvalue weighted by atomic mass is 9.77. The van der Waals surface area contributed by atoms with Gasteiger partial charge in [-0.25, -0.2) is 0 Å². The minimum atomic E-state index is -5.10. The van der Waals surface area contributed by atoms with E-state index < -0.39 is 56.9 Å². The fraction of sp³-hybridized carbons (Fsp3) is 0.333. The Morgan fingerprint density at radius 1 is 0.853 bits per heavy atom. The molecule has 10 nitrogen and oxygen atoms in total. The first kappa shape index (κ1) is 26.3. The monoisotopic (exact) mass is 531 g/mol. The van der Waals surface area contributed by atoms with Crippen LogP contribution in [-0.4, -0.2) is 52.0 Å². The Morgan fingerprint density at radius 3 is 1.94 bits per heavy atom. The maximum absolute atomic E-state index is 13.2. The molecule has 2 aromatic rings. The van der Waals surface area contributed by atoms with Crippen LogP contribution in [-0.2, 0) is 35.1 Å². The molecule has 3 N–H and O–H groups in total. The molecule has 0 aromatic heterocycles. The predicted octanol–water partition coefficient (Wildman–Crippen LogP) is 2.93. The molecule has 0 radical (unpaired) electrons. The summed E-state index contributed by atoms with van der Waals surface area (Å²) in [5, 5.41) is 0. The average Bonchev–Trinajstić information content (AvgIpc) is 2.71. The number of nitrogens with zero attached hydrogens (tertiary/aromatic N) is 1. The van der Waals surface area contributed by atoms with E-state index in [2.05, 4.69) is 0 Å². The maximum Gasteiger partial charge on any atom is 0.295 e. The van der Waals surface area contributed by atoms with E-state index in [1.807, 2.05) is 18.7 Å². The van der Waals surface area contributed by atoms with Crippen molar-refractivity contribution in [2.24, 2.45) is 0 Å². The summed E-state index contributed by atoms with van der Waals surface area (Å²) in [6.07, 6.45) is -0.596. The SMILES string of the molecule is CCN(CC)c1ccccc1C1(S(=O)(=O)O)CC(C)=C(S(=O)(=O)O)c2ccc(S(=O)(=O)O)cc21. The third-order valence-electron chi connectivity index (χ3n) is 6.01. The van der Waals surface area contributed by atoms with Crippen molar-refractivity contribution >= 4 is 40.9 Å². The van der Waals surface area contributed by atoms with Crippen molar-refractivity contribution in [3.8, 4) is 0 Å². The molecule has 1 aliphatic carbocycles. The van der Waals surface area contributed by atoms with Crippen molar-refractivity contribution in [2.75, 3.05) is 18.0 Å². The second-order valence-corrected chi connectivity index (χ2v) is 12.4. The van der Waals surface area contributed by atoms with Crippen LogP contribution in [0.3, 0.4) is 0 Å². The highest BCUT2D eigenvalue weighted by molar-refractivity contribution is 7.95. The van der Waals surface area contributed by atoms with Crippen LogP contribution in [0.5, 0.6) is 0 Å². The largest absolute Gasteiger partial charge is 0.372 e. The van der Waals surface area contributed by atoms with Crippen LogP contribution in [0.1, 0.15) is 43.9 Å². The number of rotatable bonds is 7. The molecule has 0 saturated heterocycles. The molecule has 34 heavy (non-hydrogen) atoms. The van der Waals surface area contributed by atoms with Gasteiger partial charge in [0, 0.05) is 36.3 Å². The highest BCUT2D eigenvalue weighted by Gasteiger charge is 2.53. The Hall–Kier alpha value is -2.29. The van der Waals surface area contributed by atoms with Crippen LogP contribution >= 0.6 is 0 Å². The first-order chi connectivity index (χ1) is 15.6. The van der Waals surface area contributed by atoms with E-state index in [-0.39, 0.29) is 16.7 Å². The van der Waals surface area contributed by atoms with E-state index in [1.165, 1.54) is 13.0 Å². The zero-order valence-electron chi connectivity index (χ0n) is 18.6. The average molecular weight is 532 g/mol. The summed E-state index contributed by atoms with van der Waals surface area (Å²) in [7, 11) is -14.8. The van der Waals surface area contributed by atoms with E-state index in [0.29, 0.717) is 18.8 Å². The standard InChI is InChI=1S/C21H25NO9S3/c1-4-22(5-2)19-9-7-6-8-17(19)21(34(29,30)31)13-14(3)20(33(26,27)28)16-11-10-15(12-18(16)21)32(23,24)25/h6-12H,4-5,13H2,1-3H3,(H,23,24,25)(H,26,27,28)(H,29,30,31). The normalized spacial score (nSPS) is 19.1. The van der Waals surface area contributed by atoms with Crippen LogP contribution in [0.4, 0.5) is 5.69 Å². The van der Waals surface area contributed by atoms with Crippen LogP contribution in [0.15, 0.2) is 52.9 Å². The number of para-hydroxylation sites is 1. The topological polar surface area (TPSA) is 166 Å². The summed E-state index contributed by atoms with van der Waals surface area (Å²) in [4.78, 5) is 0.532. The first-order valence-electron chi connectivity index (χ1n) is 10.2. The smallest absolute Gasteiger partial charge is 0.295 e. The van der Waals surface area contributed by atoms with Gasteiger partial charge >= 0.3 is 0 Å². The van der Waals surface area contributed by atoms with E-state index in [0.717, 1.165) is 18.2 Å². The van der Waals surface area contributed by atoms with Gasteiger partial charge in [-0.05, 0) is 50.1 Å². The zero-order valence-corrected chi connectivity index (χ0v) is 21.1. The van der Waals surface area contributed by atoms with Gasteiger partial charge in [0.25, 0.3) is 30.4 Å². The highest BCUT2D eigenvalue weighted by atomic mass is 32.2. The van der Waals surface area contributed by atoms with Crippen molar-refractivity contribution in [2.45, 2.75) is 36.8 Å². The number of hydrogen-bond acceptors (Lipinski definition) is 7. The minimum absolute atomic E-state index is 0.0541. The lowest BCUT2D eigenvalue weighted by Gasteiger charge is -2.40. The summed E-state index contributed by atoms with van der Waals surface area (Å²) in [6.45, 7) is 5.93. The van der Waals surface area contributed by atoms with E-state index >= 15 is 0 Å². The quantitative estimate of drug-likeness (QED) is 0.452. The molecule has 0 bridgehead atoms. The molecule has 0 saturated carbocycles. The molecular formula is C21H25NO9S3. The van der Waals surface area contributed by atoms with Crippen LogP contribution in [0.2, 0.25) is 0 Å². The van der Waals surface area contributed by atoms with Gasteiger partial charge < -0.3 is 4.90 Å². The number of benzene rings is 2. The Labute approximate surface area is 199 Å². The molecule has 186 valence electrons. The number of allylic oxidation sites excluding steroid dienone is 1. The van der Waals surface area contributed by atoms with Gasteiger partial charge in [-0.1, -0.05) is 24.3 Å². The molecule has 0 spiro atoms. The van der Waals surface area contributed by atoms with Crippen molar-refractivity contribution in [1.82, 2.24) is 0 Å². The number of fused-ring (bicyclic) bond motifs is 1. The molecular weight excluding hydrogens is 506 g/mol. The Morgan fingerprint density at radius 2 is 1.44 bits per heavy atom. The van der Waals surface area contributed by atoms with Crippen LogP contribution in [0, 0.1) is 0 Å². The first-order valence-corrected chi connectivity index (χ1v) is 14.5. The van der Waals surface area contributed by atoms with Crippen LogP contribution < -0.4 is 4.90 Å². The van der Waals surface area contributed by atoms with Gasteiger partial charge in [0.15, 0.2) is 4.75 Å². The zero-order chi connectivity index (χ0) is 25.7. The molecule has 0 fully saturated rings. The molecule has 3 rings (SSSR count). The molecule has 13 heteroatoms. The Kier molecular flexibility index (Phi) is 6.76. The van der Waals surface area contributed by atoms with Gasteiger partial charge in [0.05, 0.1) is 4.90 Å². The predicted molar refractivity (Wildman–Crippen MR) is 127 cm³/mol. The van der Waals surface area contributed by atoms with Gasteiger partial charge in [0.1, 0.15) is 4.91 Å². The fourth-order valence-corrected chi connectivity index (χ4v) is 7.39. The summed E-state index contributed by atoms with van der Waals surface area (Å²) in [6, 6.07) is 9.00. The molecule has 0 heterocycles. The van der Waals surface area contributed by atoms with E-state index in [4.69, 9.17) is 0 Å². The Bertz CT molecular complexity index is 1490. The molecule has 0 amide bonds.